The first kappa shape index (κ1) is 12.7. The van der Waals surface area contributed by atoms with Gasteiger partial charge in [-0.15, -0.1) is 0 Å². The van der Waals surface area contributed by atoms with Crippen LogP contribution in [0, 0.1) is 6.92 Å². The van der Waals surface area contributed by atoms with E-state index in [-0.39, 0.29) is 10.7 Å². The second kappa shape index (κ2) is 4.38. The van der Waals surface area contributed by atoms with Gasteiger partial charge in [0, 0.05) is 17.1 Å². The van der Waals surface area contributed by atoms with Crippen molar-refractivity contribution in [2.45, 2.75) is 6.92 Å². The molecule has 0 saturated carbocycles. The van der Waals surface area contributed by atoms with Gasteiger partial charge in [-0.05, 0) is 19.1 Å². The topological polar surface area (TPSA) is 72.6 Å². The van der Waals surface area contributed by atoms with Crippen molar-refractivity contribution in [3.63, 3.8) is 0 Å². The fourth-order valence-electron chi connectivity index (χ4n) is 2.27. The molecule has 2 aromatic heterocycles. The fraction of sp³-hybridized carbons (Fsp3) is 0.143. The number of methoxy groups -OCH3 is 1. The summed E-state index contributed by atoms with van der Waals surface area (Å²) in [7, 11) is 1.50. The van der Waals surface area contributed by atoms with Crippen molar-refractivity contribution in [2.75, 3.05) is 7.11 Å². The van der Waals surface area contributed by atoms with Gasteiger partial charge < -0.3 is 14.3 Å². The van der Waals surface area contributed by atoms with Crippen molar-refractivity contribution in [3.05, 3.63) is 34.6 Å². The molecule has 1 aromatic carbocycles. The number of hydrogen-bond donors (Lipinski definition) is 1. The van der Waals surface area contributed by atoms with Crippen LogP contribution in [0.4, 0.5) is 0 Å². The zero-order valence-electron chi connectivity index (χ0n) is 10.7. The number of aromatic carboxylic acids is 1. The van der Waals surface area contributed by atoms with Crippen molar-refractivity contribution in [2.24, 2.45) is 0 Å². The Bertz CT molecular complexity index is 853. The average Bonchev–Trinajstić information content (AvgIpc) is 2.83. The number of aryl methyl sites for hydroxylation is 1. The van der Waals surface area contributed by atoms with Gasteiger partial charge in [0.25, 0.3) is 0 Å². The third kappa shape index (κ3) is 1.63. The van der Waals surface area contributed by atoms with Crippen LogP contribution in [0.3, 0.4) is 0 Å². The van der Waals surface area contributed by atoms with Crippen molar-refractivity contribution in [1.82, 2.24) is 4.98 Å². The number of rotatable bonds is 2. The molecule has 0 radical (unpaired) electrons. The Morgan fingerprint density at radius 3 is 2.75 bits per heavy atom. The molecule has 0 aliphatic rings. The summed E-state index contributed by atoms with van der Waals surface area (Å²) in [5, 5.41) is 10.5. The molecule has 2 heterocycles. The van der Waals surface area contributed by atoms with Gasteiger partial charge in [-0.25, -0.2) is 9.78 Å². The highest BCUT2D eigenvalue weighted by Crippen LogP contribution is 2.40. The summed E-state index contributed by atoms with van der Waals surface area (Å²) in [6.45, 7) is 1.82. The molecule has 6 heteroatoms. The summed E-state index contributed by atoms with van der Waals surface area (Å²) in [5.41, 5.74) is 1.76. The third-order valence-corrected chi connectivity index (χ3v) is 3.48. The van der Waals surface area contributed by atoms with Gasteiger partial charge in [-0.2, -0.15) is 0 Å². The molecule has 0 spiro atoms. The minimum atomic E-state index is -1.06. The van der Waals surface area contributed by atoms with Crippen molar-refractivity contribution >= 4 is 39.5 Å². The van der Waals surface area contributed by atoms with Gasteiger partial charge in [-0.1, -0.05) is 11.6 Å². The number of furan rings is 1. The molecule has 5 nitrogen and oxygen atoms in total. The Labute approximate surface area is 118 Å². The standard InChI is InChI=1S/C14H10ClNO4/c1-6-5-16-13(15)10-9-7(14(17)18)3-4-8(19-2)12(9)20-11(6)10/h3-5H,1-2H3,(H,17,18). The zero-order valence-corrected chi connectivity index (χ0v) is 11.5. The summed E-state index contributed by atoms with van der Waals surface area (Å²) < 4.78 is 11.0. The normalized spacial score (nSPS) is 11.2. The highest BCUT2D eigenvalue weighted by atomic mass is 35.5. The number of pyridine rings is 1. The number of carboxylic acid groups (broad SMARTS) is 1. The Balaban J connectivity index is 2.63. The zero-order chi connectivity index (χ0) is 14.4. The Morgan fingerprint density at radius 1 is 1.35 bits per heavy atom. The van der Waals surface area contributed by atoms with E-state index in [0.717, 1.165) is 5.56 Å². The molecule has 20 heavy (non-hydrogen) atoms. The molecular weight excluding hydrogens is 282 g/mol. The maximum atomic E-state index is 11.4. The van der Waals surface area contributed by atoms with E-state index in [2.05, 4.69) is 4.98 Å². The van der Waals surface area contributed by atoms with E-state index in [0.29, 0.717) is 27.7 Å². The summed E-state index contributed by atoms with van der Waals surface area (Å²) in [4.78, 5) is 15.5. The SMILES string of the molecule is COc1ccc(C(=O)O)c2c1oc1c(C)cnc(Cl)c12. The second-order valence-corrected chi connectivity index (χ2v) is 4.72. The minimum absolute atomic E-state index is 0.105. The largest absolute Gasteiger partial charge is 0.493 e. The molecule has 3 aromatic rings. The first-order chi connectivity index (χ1) is 9.54. The van der Waals surface area contributed by atoms with E-state index in [1.807, 2.05) is 6.92 Å². The number of carboxylic acids is 1. The molecule has 0 aliphatic heterocycles. The maximum absolute atomic E-state index is 11.4. The molecule has 102 valence electrons. The number of nitrogens with zero attached hydrogens (tertiary/aromatic N) is 1. The lowest BCUT2D eigenvalue weighted by Crippen LogP contribution is -1.97. The predicted octanol–water partition coefficient (Wildman–Crippen LogP) is 3.65. The molecule has 0 bridgehead atoms. The summed E-state index contributed by atoms with van der Waals surface area (Å²) >= 11 is 6.12. The fourth-order valence-corrected chi connectivity index (χ4v) is 2.50. The first-order valence-corrected chi connectivity index (χ1v) is 6.20. The van der Waals surface area contributed by atoms with Crippen LogP contribution in [0.5, 0.6) is 5.75 Å². The molecule has 0 amide bonds. The quantitative estimate of drug-likeness (QED) is 0.730. The highest BCUT2D eigenvalue weighted by Gasteiger charge is 2.22. The highest BCUT2D eigenvalue weighted by molar-refractivity contribution is 6.37. The molecule has 1 N–H and O–H groups in total. The molecule has 0 aliphatic carbocycles. The van der Waals surface area contributed by atoms with Gasteiger partial charge in [0.05, 0.1) is 18.1 Å². The van der Waals surface area contributed by atoms with Crippen LogP contribution >= 0.6 is 11.6 Å². The molecule has 0 atom stereocenters. The number of aromatic nitrogens is 1. The van der Waals surface area contributed by atoms with Crippen molar-refractivity contribution in [1.29, 1.82) is 0 Å². The Morgan fingerprint density at radius 2 is 2.10 bits per heavy atom. The second-order valence-electron chi connectivity index (χ2n) is 4.36. The number of carbonyl (C=O) groups is 1. The molecule has 0 fully saturated rings. The Kier molecular flexibility index (Phi) is 2.79. The van der Waals surface area contributed by atoms with E-state index < -0.39 is 5.97 Å². The number of ether oxygens (including phenoxy) is 1. The minimum Gasteiger partial charge on any atom is -0.493 e. The van der Waals surface area contributed by atoms with Gasteiger partial charge in [0.2, 0.25) is 0 Å². The summed E-state index contributed by atoms with van der Waals surface area (Å²) in [6.07, 6.45) is 1.58. The molecule has 0 unspecified atom stereocenters. The van der Waals surface area contributed by atoms with Crippen LogP contribution in [0.2, 0.25) is 5.15 Å². The monoisotopic (exact) mass is 291 g/mol. The van der Waals surface area contributed by atoms with E-state index >= 15 is 0 Å². The first-order valence-electron chi connectivity index (χ1n) is 5.82. The molecule has 0 saturated heterocycles. The lowest BCUT2D eigenvalue weighted by molar-refractivity contribution is 0.0699. The van der Waals surface area contributed by atoms with E-state index in [4.69, 9.17) is 20.8 Å². The van der Waals surface area contributed by atoms with Crippen LogP contribution in [-0.4, -0.2) is 23.2 Å². The van der Waals surface area contributed by atoms with E-state index in [1.54, 1.807) is 12.3 Å². The lowest BCUT2D eigenvalue weighted by Gasteiger charge is -2.02. The molecule has 3 rings (SSSR count). The Hall–Kier alpha value is -2.27. The van der Waals surface area contributed by atoms with Gasteiger partial charge in [0.15, 0.2) is 11.3 Å². The number of benzene rings is 1. The van der Waals surface area contributed by atoms with Crippen molar-refractivity contribution in [3.8, 4) is 5.75 Å². The smallest absolute Gasteiger partial charge is 0.336 e. The summed E-state index contributed by atoms with van der Waals surface area (Å²) in [6, 6.07) is 3.03. The third-order valence-electron chi connectivity index (χ3n) is 3.19. The van der Waals surface area contributed by atoms with Crippen LogP contribution in [-0.2, 0) is 0 Å². The van der Waals surface area contributed by atoms with Crippen LogP contribution < -0.4 is 4.74 Å². The van der Waals surface area contributed by atoms with E-state index in [9.17, 15) is 9.90 Å². The van der Waals surface area contributed by atoms with Crippen LogP contribution in [0.25, 0.3) is 21.9 Å². The van der Waals surface area contributed by atoms with Crippen molar-refractivity contribution < 1.29 is 19.1 Å². The number of hydrogen-bond acceptors (Lipinski definition) is 4. The van der Waals surface area contributed by atoms with Gasteiger partial charge in [-0.3, -0.25) is 0 Å². The van der Waals surface area contributed by atoms with Crippen LogP contribution in [0.15, 0.2) is 22.7 Å². The van der Waals surface area contributed by atoms with Gasteiger partial charge >= 0.3 is 5.97 Å². The van der Waals surface area contributed by atoms with Crippen LogP contribution in [0.1, 0.15) is 15.9 Å². The van der Waals surface area contributed by atoms with E-state index in [1.165, 1.54) is 13.2 Å². The maximum Gasteiger partial charge on any atom is 0.336 e. The average molecular weight is 292 g/mol. The summed E-state index contributed by atoms with van der Waals surface area (Å²) in [5.74, 6) is -0.602. The lowest BCUT2D eigenvalue weighted by atomic mass is 10.1. The molecular formula is C14H10ClNO4. The van der Waals surface area contributed by atoms with Gasteiger partial charge in [0.1, 0.15) is 10.7 Å². The number of fused-ring (bicyclic) bond motifs is 3. The predicted molar refractivity (Wildman–Crippen MR) is 74.8 cm³/mol. The number of halogens is 1.